The maximum Gasteiger partial charge on any atom is 0.136 e. The van der Waals surface area contributed by atoms with Crippen LogP contribution in [0.15, 0.2) is 29.6 Å². The zero-order chi connectivity index (χ0) is 12.7. The lowest BCUT2D eigenvalue weighted by molar-refractivity contribution is 0.0668. The number of aliphatic hydroxyl groups is 1. The molecular formula is C14H13FO2S. The van der Waals surface area contributed by atoms with E-state index in [2.05, 4.69) is 0 Å². The van der Waals surface area contributed by atoms with E-state index in [0.717, 1.165) is 4.88 Å². The predicted octanol–water partition coefficient (Wildman–Crippen LogP) is 3.75. The van der Waals surface area contributed by atoms with Crippen LogP contribution in [0.4, 0.5) is 4.39 Å². The summed E-state index contributed by atoms with van der Waals surface area (Å²) in [5.41, 5.74) is 1.71. The van der Waals surface area contributed by atoms with Crippen molar-refractivity contribution in [3.63, 3.8) is 0 Å². The molecular weight excluding hydrogens is 251 g/mol. The largest absolute Gasteiger partial charge is 0.484 e. The average molecular weight is 264 g/mol. The highest BCUT2D eigenvalue weighted by Gasteiger charge is 2.29. The number of benzene rings is 1. The Hall–Kier alpha value is -1.39. The van der Waals surface area contributed by atoms with Gasteiger partial charge >= 0.3 is 0 Å². The van der Waals surface area contributed by atoms with Crippen molar-refractivity contribution in [2.45, 2.75) is 25.6 Å². The molecule has 3 rings (SSSR count). The van der Waals surface area contributed by atoms with Gasteiger partial charge in [-0.3, -0.25) is 0 Å². The van der Waals surface area contributed by atoms with Crippen LogP contribution in [0.25, 0.3) is 0 Å². The Morgan fingerprint density at radius 3 is 2.94 bits per heavy atom. The van der Waals surface area contributed by atoms with Gasteiger partial charge in [-0.1, -0.05) is 0 Å². The summed E-state index contributed by atoms with van der Waals surface area (Å²) in [4.78, 5) is 1.13. The van der Waals surface area contributed by atoms with Gasteiger partial charge in [-0.25, -0.2) is 4.39 Å². The van der Waals surface area contributed by atoms with Crippen LogP contribution in [-0.4, -0.2) is 5.11 Å². The second kappa shape index (κ2) is 4.37. The van der Waals surface area contributed by atoms with Gasteiger partial charge in [0.25, 0.3) is 0 Å². The third kappa shape index (κ3) is 1.91. The van der Waals surface area contributed by atoms with Crippen molar-refractivity contribution in [2.75, 3.05) is 0 Å². The van der Waals surface area contributed by atoms with Gasteiger partial charge in [0.1, 0.15) is 17.7 Å². The minimum absolute atomic E-state index is 0.141. The number of halogens is 1. The molecule has 2 heterocycles. The van der Waals surface area contributed by atoms with Gasteiger partial charge in [-0.15, -0.1) is 11.3 Å². The van der Waals surface area contributed by atoms with Gasteiger partial charge in [0.05, 0.1) is 6.10 Å². The summed E-state index contributed by atoms with van der Waals surface area (Å²) < 4.78 is 19.0. The second-order valence-electron chi connectivity index (χ2n) is 4.51. The zero-order valence-electron chi connectivity index (χ0n) is 9.89. The molecule has 2 atom stereocenters. The van der Waals surface area contributed by atoms with Crippen LogP contribution in [0.1, 0.15) is 34.6 Å². The molecule has 1 N–H and O–H groups in total. The van der Waals surface area contributed by atoms with Crippen molar-refractivity contribution in [3.8, 4) is 5.75 Å². The fraction of sp³-hybridized carbons (Fsp3) is 0.286. The van der Waals surface area contributed by atoms with Crippen LogP contribution in [0.2, 0.25) is 0 Å². The van der Waals surface area contributed by atoms with Gasteiger partial charge in [0, 0.05) is 16.9 Å². The van der Waals surface area contributed by atoms with Crippen LogP contribution >= 0.6 is 11.3 Å². The Bertz CT molecular complexity index is 579. The van der Waals surface area contributed by atoms with Crippen LogP contribution in [0.3, 0.4) is 0 Å². The standard InChI is InChI=1S/C14H13FO2S/c1-8-4-5-18-14(8)13-7-11(16)10-6-9(15)2-3-12(10)17-13/h2-6,11,13,16H,7H2,1H3. The molecule has 94 valence electrons. The molecule has 0 spiro atoms. The first-order valence-electron chi connectivity index (χ1n) is 5.83. The molecule has 4 heteroatoms. The molecule has 0 radical (unpaired) electrons. The molecule has 1 aromatic heterocycles. The summed E-state index contributed by atoms with van der Waals surface area (Å²) in [5, 5.41) is 12.1. The molecule has 2 unspecified atom stereocenters. The molecule has 0 saturated heterocycles. The van der Waals surface area contributed by atoms with E-state index in [9.17, 15) is 9.50 Å². The molecule has 0 bridgehead atoms. The highest BCUT2D eigenvalue weighted by atomic mass is 32.1. The molecule has 0 amide bonds. The Balaban J connectivity index is 1.97. The Labute approximate surface area is 109 Å². The molecule has 0 saturated carbocycles. The van der Waals surface area contributed by atoms with Gasteiger partial charge in [0.15, 0.2) is 0 Å². The van der Waals surface area contributed by atoms with Crippen molar-refractivity contribution in [3.05, 3.63) is 51.5 Å². The number of ether oxygens (including phenoxy) is 1. The molecule has 1 aliphatic heterocycles. The van der Waals surface area contributed by atoms with Gasteiger partial charge in [-0.2, -0.15) is 0 Å². The summed E-state index contributed by atoms with van der Waals surface area (Å²) in [6.45, 7) is 2.03. The summed E-state index contributed by atoms with van der Waals surface area (Å²) in [6, 6.07) is 6.33. The third-order valence-corrected chi connectivity index (χ3v) is 4.34. The number of aliphatic hydroxyl groups excluding tert-OH is 1. The summed E-state index contributed by atoms with van der Waals surface area (Å²) in [5.74, 6) is 0.232. The topological polar surface area (TPSA) is 29.5 Å². The first-order valence-corrected chi connectivity index (χ1v) is 6.71. The number of rotatable bonds is 1. The molecule has 2 nitrogen and oxygen atoms in total. The summed E-state index contributed by atoms with van der Waals surface area (Å²) >= 11 is 1.63. The molecule has 2 aromatic rings. The fourth-order valence-electron chi connectivity index (χ4n) is 2.29. The third-order valence-electron chi connectivity index (χ3n) is 3.23. The van der Waals surface area contributed by atoms with E-state index in [4.69, 9.17) is 4.74 Å². The van der Waals surface area contributed by atoms with Gasteiger partial charge in [-0.05, 0) is 42.1 Å². The van der Waals surface area contributed by atoms with Crippen molar-refractivity contribution < 1.29 is 14.2 Å². The van der Waals surface area contributed by atoms with E-state index < -0.39 is 6.10 Å². The van der Waals surface area contributed by atoms with Crippen molar-refractivity contribution >= 4 is 11.3 Å². The zero-order valence-corrected chi connectivity index (χ0v) is 10.7. The maximum atomic E-state index is 13.1. The van der Waals surface area contributed by atoms with Crippen molar-refractivity contribution in [2.24, 2.45) is 0 Å². The van der Waals surface area contributed by atoms with E-state index in [1.54, 1.807) is 17.4 Å². The summed E-state index contributed by atoms with van der Waals surface area (Å²) in [6.07, 6.45) is -0.341. The van der Waals surface area contributed by atoms with E-state index in [0.29, 0.717) is 17.7 Å². The normalized spacial score (nSPS) is 22.4. The Morgan fingerprint density at radius 1 is 1.39 bits per heavy atom. The fourth-order valence-corrected chi connectivity index (χ4v) is 3.26. The van der Waals surface area contributed by atoms with E-state index in [-0.39, 0.29) is 11.9 Å². The lowest BCUT2D eigenvalue weighted by atomic mass is 9.97. The lowest BCUT2D eigenvalue weighted by Crippen LogP contribution is -2.19. The minimum Gasteiger partial charge on any atom is -0.484 e. The maximum absolute atomic E-state index is 13.1. The quantitative estimate of drug-likeness (QED) is 0.850. The monoisotopic (exact) mass is 264 g/mol. The number of hydrogen-bond acceptors (Lipinski definition) is 3. The Kier molecular flexibility index (Phi) is 2.84. The van der Waals surface area contributed by atoms with Crippen molar-refractivity contribution in [1.29, 1.82) is 0 Å². The molecule has 1 aromatic carbocycles. The van der Waals surface area contributed by atoms with Gasteiger partial charge < -0.3 is 9.84 Å². The first kappa shape index (κ1) is 11.7. The number of fused-ring (bicyclic) bond motifs is 1. The lowest BCUT2D eigenvalue weighted by Gasteiger charge is -2.29. The molecule has 0 fully saturated rings. The first-order chi connectivity index (χ1) is 8.65. The number of aryl methyl sites for hydroxylation is 1. The molecule has 18 heavy (non-hydrogen) atoms. The molecule has 1 aliphatic rings. The summed E-state index contributed by atoms with van der Waals surface area (Å²) in [7, 11) is 0. The highest BCUT2D eigenvalue weighted by molar-refractivity contribution is 7.10. The number of thiophene rings is 1. The van der Waals surface area contributed by atoms with Crippen LogP contribution in [-0.2, 0) is 0 Å². The van der Waals surface area contributed by atoms with E-state index >= 15 is 0 Å². The highest BCUT2D eigenvalue weighted by Crippen LogP contribution is 2.42. The average Bonchev–Trinajstić information content (AvgIpc) is 2.76. The van der Waals surface area contributed by atoms with Crippen molar-refractivity contribution in [1.82, 2.24) is 0 Å². The van der Waals surface area contributed by atoms with E-state index in [1.807, 2.05) is 18.4 Å². The van der Waals surface area contributed by atoms with Crippen LogP contribution in [0, 0.1) is 12.7 Å². The van der Waals surface area contributed by atoms with Crippen LogP contribution in [0.5, 0.6) is 5.75 Å². The van der Waals surface area contributed by atoms with E-state index in [1.165, 1.54) is 17.7 Å². The second-order valence-corrected chi connectivity index (χ2v) is 5.46. The number of hydrogen-bond donors (Lipinski definition) is 1. The minimum atomic E-state index is -0.670. The van der Waals surface area contributed by atoms with Gasteiger partial charge in [0.2, 0.25) is 0 Å². The SMILES string of the molecule is Cc1ccsc1C1CC(O)c2cc(F)ccc2O1. The predicted molar refractivity (Wildman–Crippen MR) is 68.4 cm³/mol. The smallest absolute Gasteiger partial charge is 0.136 e. The van der Waals surface area contributed by atoms with Crippen LogP contribution < -0.4 is 4.74 Å². The molecule has 0 aliphatic carbocycles. The Morgan fingerprint density at radius 2 is 2.22 bits per heavy atom.